The number of hydrogen-bond acceptors (Lipinski definition) is 2. The predicted molar refractivity (Wildman–Crippen MR) is 90.7 cm³/mol. The minimum Gasteiger partial charge on any atom is -0.322 e. The lowest BCUT2D eigenvalue weighted by Gasteiger charge is -2.15. The maximum Gasteiger partial charge on any atom is 0.255 e. The van der Waals surface area contributed by atoms with Crippen LogP contribution < -0.4 is 5.32 Å². The van der Waals surface area contributed by atoms with Crippen molar-refractivity contribution in [1.29, 1.82) is 0 Å². The fourth-order valence-electron chi connectivity index (χ4n) is 2.18. The average Bonchev–Trinajstić information content (AvgIpc) is 2.39. The zero-order valence-corrected chi connectivity index (χ0v) is 14.1. The van der Waals surface area contributed by atoms with Gasteiger partial charge in [-0.2, -0.15) is 0 Å². The number of nitrogens with zero attached hydrogens (tertiary/aromatic N) is 1. The van der Waals surface area contributed by atoms with Crippen LogP contribution in [0.25, 0.3) is 0 Å². The molecule has 0 aliphatic heterocycles. The lowest BCUT2D eigenvalue weighted by atomic mass is 10.1. The van der Waals surface area contributed by atoms with E-state index in [1.54, 1.807) is 0 Å². The molecule has 21 heavy (non-hydrogen) atoms. The Labute approximate surface area is 134 Å². The first-order chi connectivity index (χ1) is 9.95. The smallest absolute Gasteiger partial charge is 0.255 e. The molecule has 0 heterocycles. The molecule has 0 atom stereocenters. The SMILES string of the molecule is Cc1cc(Br)cc(C(=O)Nc2ccccc2CN(C)C)c1. The van der Waals surface area contributed by atoms with Crippen LogP contribution in [-0.2, 0) is 6.54 Å². The molecular formula is C17H19BrN2O. The third kappa shape index (κ3) is 4.41. The van der Waals surface area contributed by atoms with E-state index in [0.717, 1.165) is 27.8 Å². The number of para-hydroxylation sites is 1. The molecule has 0 saturated carbocycles. The second kappa shape index (κ2) is 6.87. The zero-order chi connectivity index (χ0) is 15.4. The Balaban J connectivity index is 2.23. The zero-order valence-electron chi connectivity index (χ0n) is 12.5. The third-order valence-corrected chi connectivity index (χ3v) is 3.51. The van der Waals surface area contributed by atoms with Crippen LogP contribution in [0.5, 0.6) is 0 Å². The van der Waals surface area contributed by atoms with Crippen molar-refractivity contribution in [3.63, 3.8) is 0 Å². The Bertz CT molecular complexity index is 633. The fraction of sp³-hybridized carbons (Fsp3) is 0.235. The van der Waals surface area contributed by atoms with E-state index < -0.39 is 0 Å². The van der Waals surface area contributed by atoms with Crippen molar-refractivity contribution in [3.05, 3.63) is 63.6 Å². The van der Waals surface area contributed by atoms with Crippen LogP contribution in [0.1, 0.15) is 21.5 Å². The van der Waals surface area contributed by atoms with Gasteiger partial charge in [-0.05, 0) is 56.4 Å². The highest BCUT2D eigenvalue weighted by Crippen LogP contribution is 2.20. The number of benzene rings is 2. The van der Waals surface area contributed by atoms with Crippen molar-refractivity contribution >= 4 is 27.5 Å². The molecule has 0 aromatic heterocycles. The maximum absolute atomic E-state index is 12.4. The second-order valence-corrected chi connectivity index (χ2v) is 6.28. The highest BCUT2D eigenvalue weighted by atomic mass is 79.9. The first-order valence-electron chi connectivity index (χ1n) is 6.77. The molecule has 3 nitrogen and oxygen atoms in total. The molecule has 2 rings (SSSR count). The van der Waals surface area contributed by atoms with Gasteiger partial charge in [0.1, 0.15) is 0 Å². The predicted octanol–water partition coefficient (Wildman–Crippen LogP) is 4.07. The fourth-order valence-corrected chi connectivity index (χ4v) is 2.79. The lowest BCUT2D eigenvalue weighted by Crippen LogP contribution is -2.16. The summed E-state index contributed by atoms with van der Waals surface area (Å²) in [6.45, 7) is 2.76. The van der Waals surface area contributed by atoms with Crippen molar-refractivity contribution in [3.8, 4) is 0 Å². The van der Waals surface area contributed by atoms with Gasteiger partial charge < -0.3 is 10.2 Å². The quantitative estimate of drug-likeness (QED) is 0.904. The molecule has 0 bridgehead atoms. The molecule has 0 unspecified atom stereocenters. The van der Waals surface area contributed by atoms with Gasteiger partial charge in [-0.15, -0.1) is 0 Å². The summed E-state index contributed by atoms with van der Waals surface area (Å²) in [4.78, 5) is 14.5. The van der Waals surface area contributed by atoms with Gasteiger partial charge in [0.25, 0.3) is 5.91 Å². The largest absolute Gasteiger partial charge is 0.322 e. The first kappa shape index (κ1) is 15.7. The van der Waals surface area contributed by atoms with Gasteiger partial charge in [0.15, 0.2) is 0 Å². The van der Waals surface area contributed by atoms with Crippen molar-refractivity contribution in [1.82, 2.24) is 4.90 Å². The normalized spacial score (nSPS) is 10.7. The molecule has 0 aliphatic rings. The molecule has 0 radical (unpaired) electrons. The van der Waals surface area contributed by atoms with E-state index in [2.05, 4.69) is 26.1 Å². The van der Waals surface area contributed by atoms with E-state index in [0.29, 0.717) is 5.56 Å². The molecule has 0 saturated heterocycles. The highest BCUT2D eigenvalue weighted by molar-refractivity contribution is 9.10. The molecule has 0 aliphatic carbocycles. The summed E-state index contributed by atoms with van der Waals surface area (Å²) in [6.07, 6.45) is 0. The molecule has 2 aromatic rings. The van der Waals surface area contributed by atoms with Crippen molar-refractivity contribution in [2.75, 3.05) is 19.4 Å². The van der Waals surface area contributed by atoms with Crippen LogP contribution in [0.3, 0.4) is 0 Å². The van der Waals surface area contributed by atoms with E-state index in [1.165, 1.54) is 0 Å². The number of anilines is 1. The van der Waals surface area contributed by atoms with Crippen LogP contribution in [0, 0.1) is 6.92 Å². The molecule has 110 valence electrons. The molecule has 0 spiro atoms. The average molecular weight is 347 g/mol. The second-order valence-electron chi connectivity index (χ2n) is 5.37. The van der Waals surface area contributed by atoms with E-state index in [-0.39, 0.29) is 5.91 Å². The highest BCUT2D eigenvalue weighted by Gasteiger charge is 2.10. The van der Waals surface area contributed by atoms with Crippen molar-refractivity contribution < 1.29 is 4.79 Å². The Kier molecular flexibility index (Phi) is 5.15. The van der Waals surface area contributed by atoms with Crippen LogP contribution >= 0.6 is 15.9 Å². The number of carbonyl (C=O) groups excluding carboxylic acids is 1. The summed E-state index contributed by atoms with van der Waals surface area (Å²) < 4.78 is 0.911. The Morgan fingerprint density at radius 2 is 1.90 bits per heavy atom. The number of halogens is 1. The first-order valence-corrected chi connectivity index (χ1v) is 7.56. The number of rotatable bonds is 4. The van der Waals surface area contributed by atoms with Gasteiger partial charge in [-0.1, -0.05) is 34.1 Å². The number of aryl methyl sites for hydroxylation is 1. The van der Waals surface area contributed by atoms with Gasteiger partial charge in [0.2, 0.25) is 0 Å². The number of nitrogens with one attached hydrogen (secondary N) is 1. The molecule has 0 fully saturated rings. The summed E-state index contributed by atoms with van der Waals surface area (Å²) in [7, 11) is 4.02. The van der Waals surface area contributed by atoms with Gasteiger partial charge in [-0.25, -0.2) is 0 Å². The van der Waals surface area contributed by atoms with Gasteiger partial charge >= 0.3 is 0 Å². The summed E-state index contributed by atoms with van der Waals surface area (Å²) in [5, 5.41) is 3.00. The standard InChI is InChI=1S/C17H19BrN2O/c1-12-8-14(10-15(18)9-12)17(21)19-16-7-5-4-6-13(16)11-20(2)3/h4-10H,11H2,1-3H3,(H,19,21). The monoisotopic (exact) mass is 346 g/mol. The molecule has 1 amide bonds. The van der Waals surface area contributed by atoms with Crippen molar-refractivity contribution in [2.24, 2.45) is 0 Å². The summed E-state index contributed by atoms with van der Waals surface area (Å²) >= 11 is 3.43. The van der Waals surface area contributed by atoms with Crippen LogP contribution in [0.4, 0.5) is 5.69 Å². The topological polar surface area (TPSA) is 32.3 Å². The Hall–Kier alpha value is -1.65. The summed E-state index contributed by atoms with van der Waals surface area (Å²) in [5.74, 6) is -0.0920. The summed E-state index contributed by atoms with van der Waals surface area (Å²) in [6, 6.07) is 13.6. The molecule has 2 aromatic carbocycles. The Morgan fingerprint density at radius 1 is 1.19 bits per heavy atom. The minimum absolute atomic E-state index is 0.0920. The van der Waals surface area contributed by atoms with Crippen molar-refractivity contribution in [2.45, 2.75) is 13.5 Å². The molecular weight excluding hydrogens is 328 g/mol. The van der Waals surface area contributed by atoms with Gasteiger partial charge in [0, 0.05) is 22.3 Å². The van der Waals surface area contributed by atoms with E-state index >= 15 is 0 Å². The lowest BCUT2D eigenvalue weighted by molar-refractivity contribution is 0.102. The van der Waals surface area contributed by atoms with E-state index in [9.17, 15) is 4.79 Å². The van der Waals surface area contributed by atoms with Gasteiger partial charge in [0.05, 0.1) is 0 Å². The third-order valence-electron chi connectivity index (χ3n) is 3.06. The summed E-state index contributed by atoms with van der Waals surface area (Å²) in [5.41, 5.74) is 3.66. The Morgan fingerprint density at radius 3 is 2.57 bits per heavy atom. The number of carbonyl (C=O) groups is 1. The van der Waals surface area contributed by atoms with Crippen LogP contribution in [-0.4, -0.2) is 24.9 Å². The number of amides is 1. The van der Waals surface area contributed by atoms with Gasteiger partial charge in [-0.3, -0.25) is 4.79 Å². The van der Waals surface area contributed by atoms with E-state index in [1.807, 2.05) is 63.5 Å². The number of hydrogen-bond donors (Lipinski definition) is 1. The van der Waals surface area contributed by atoms with E-state index in [4.69, 9.17) is 0 Å². The van der Waals surface area contributed by atoms with Crippen LogP contribution in [0.2, 0.25) is 0 Å². The molecule has 1 N–H and O–H groups in total. The molecule has 4 heteroatoms. The minimum atomic E-state index is -0.0920. The van der Waals surface area contributed by atoms with Crippen LogP contribution in [0.15, 0.2) is 46.9 Å². The maximum atomic E-state index is 12.4.